The van der Waals surface area contributed by atoms with Crippen LogP contribution in [-0.4, -0.2) is 29.7 Å². The van der Waals surface area contributed by atoms with Crippen molar-refractivity contribution in [1.82, 2.24) is 9.88 Å². The lowest BCUT2D eigenvalue weighted by molar-refractivity contribution is -0.122. The third kappa shape index (κ3) is 4.21. The number of carbonyl (C=O) groups is 1. The summed E-state index contributed by atoms with van der Waals surface area (Å²) in [6.07, 6.45) is 1.64. The lowest BCUT2D eigenvalue weighted by atomic mass is 10.1. The summed E-state index contributed by atoms with van der Waals surface area (Å²) in [6, 6.07) is 3.22. The molecule has 0 saturated carbocycles. The smallest absolute Gasteiger partial charge is 0.292 e. The Morgan fingerprint density at radius 1 is 1.56 bits per heavy atom. The molecule has 18 heavy (non-hydrogen) atoms. The first kappa shape index (κ1) is 14.2. The van der Waals surface area contributed by atoms with Crippen molar-refractivity contribution in [2.24, 2.45) is 5.73 Å². The highest BCUT2D eigenvalue weighted by molar-refractivity contribution is 5.77. The highest BCUT2D eigenvalue weighted by atomic mass is 16.5. The van der Waals surface area contributed by atoms with Crippen LogP contribution in [0.25, 0.3) is 0 Å². The van der Waals surface area contributed by atoms with Crippen LogP contribution in [0.1, 0.15) is 13.8 Å². The molecule has 0 saturated heterocycles. The molecule has 0 bridgehead atoms. The fourth-order valence-electron chi connectivity index (χ4n) is 1.40. The Hall–Kier alpha value is -1.82. The Balaban J connectivity index is 2.85. The number of likely N-dealkylation sites (N-methyl/N-ethyl adjacent to an activating group) is 1. The summed E-state index contributed by atoms with van der Waals surface area (Å²) in [5.74, 6) is -0.144. The SMILES string of the molecule is CNC(=O)COc1cccn(CC(C)(C)N)c1=O. The van der Waals surface area contributed by atoms with E-state index in [1.807, 2.05) is 13.8 Å². The Bertz CT molecular complexity index is 474. The van der Waals surface area contributed by atoms with E-state index in [9.17, 15) is 9.59 Å². The maximum absolute atomic E-state index is 12.0. The second-order valence-corrected chi connectivity index (χ2v) is 4.76. The molecule has 0 aliphatic heterocycles. The summed E-state index contributed by atoms with van der Waals surface area (Å²) in [6.45, 7) is 3.86. The molecule has 0 unspecified atom stereocenters. The van der Waals surface area contributed by atoms with Crippen LogP contribution >= 0.6 is 0 Å². The fourth-order valence-corrected chi connectivity index (χ4v) is 1.40. The van der Waals surface area contributed by atoms with Crippen molar-refractivity contribution >= 4 is 5.91 Å². The van der Waals surface area contributed by atoms with Gasteiger partial charge in [-0.15, -0.1) is 0 Å². The summed E-state index contributed by atoms with van der Waals surface area (Å²) in [4.78, 5) is 23.0. The van der Waals surface area contributed by atoms with Crippen molar-refractivity contribution in [2.75, 3.05) is 13.7 Å². The summed E-state index contributed by atoms with van der Waals surface area (Å²) in [7, 11) is 1.51. The first-order valence-electron chi connectivity index (χ1n) is 5.65. The van der Waals surface area contributed by atoms with Crippen LogP contribution in [-0.2, 0) is 11.3 Å². The molecule has 1 aromatic heterocycles. The molecule has 6 heteroatoms. The van der Waals surface area contributed by atoms with Crippen molar-refractivity contribution in [2.45, 2.75) is 25.9 Å². The number of nitrogens with two attached hydrogens (primary N) is 1. The zero-order valence-corrected chi connectivity index (χ0v) is 10.9. The normalized spacial score (nSPS) is 11.1. The maximum Gasteiger partial charge on any atom is 0.292 e. The predicted molar refractivity (Wildman–Crippen MR) is 68.5 cm³/mol. The largest absolute Gasteiger partial charge is 0.478 e. The van der Waals surface area contributed by atoms with Gasteiger partial charge in [0.05, 0.1) is 0 Å². The van der Waals surface area contributed by atoms with Crippen LogP contribution in [0.5, 0.6) is 5.75 Å². The van der Waals surface area contributed by atoms with E-state index < -0.39 is 5.54 Å². The summed E-state index contributed by atoms with van der Waals surface area (Å²) >= 11 is 0. The zero-order valence-electron chi connectivity index (χ0n) is 10.9. The van der Waals surface area contributed by atoms with Gasteiger partial charge in [-0.25, -0.2) is 0 Å². The number of ether oxygens (including phenoxy) is 1. The molecular weight excluding hydrogens is 234 g/mol. The van der Waals surface area contributed by atoms with E-state index in [1.54, 1.807) is 12.3 Å². The lowest BCUT2D eigenvalue weighted by Gasteiger charge is -2.20. The molecule has 0 aromatic carbocycles. The number of aromatic nitrogens is 1. The van der Waals surface area contributed by atoms with Gasteiger partial charge in [-0.2, -0.15) is 0 Å². The average molecular weight is 253 g/mol. The van der Waals surface area contributed by atoms with Gasteiger partial charge in [0.2, 0.25) is 0 Å². The average Bonchev–Trinajstić information content (AvgIpc) is 2.28. The first-order valence-corrected chi connectivity index (χ1v) is 5.65. The van der Waals surface area contributed by atoms with Crippen molar-refractivity contribution in [1.29, 1.82) is 0 Å². The molecule has 3 N–H and O–H groups in total. The number of hydrogen-bond donors (Lipinski definition) is 2. The second kappa shape index (κ2) is 5.68. The van der Waals surface area contributed by atoms with E-state index >= 15 is 0 Å². The summed E-state index contributed by atoms with van der Waals surface area (Å²) < 4.78 is 6.63. The predicted octanol–water partition coefficient (Wildman–Crippen LogP) is -0.290. The molecule has 100 valence electrons. The van der Waals surface area contributed by atoms with E-state index in [-0.39, 0.29) is 23.8 Å². The van der Waals surface area contributed by atoms with E-state index in [0.717, 1.165) is 0 Å². The highest BCUT2D eigenvalue weighted by Gasteiger charge is 2.14. The Labute approximate surface area is 106 Å². The Kier molecular flexibility index (Phi) is 4.49. The number of nitrogens with one attached hydrogen (secondary N) is 1. The number of rotatable bonds is 5. The van der Waals surface area contributed by atoms with Crippen molar-refractivity contribution in [3.63, 3.8) is 0 Å². The highest BCUT2D eigenvalue weighted by Crippen LogP contribution is 2.05. The molecule has 0 aliphatic rings. The zero-order chi connectivity index (χ0) is 13.8. The molecule has 0 atom stereocenters. The van der Waals surface area contributed by atoms with Gasteiger partial charge < -0.3 is 20.4 Å². The van der Waals surface area contributed by atoms with Gasteiger partial charge in [0.25, 0.3) is 11.5 Å². The Morgan fingerprint density at radius 3 is 2.78 bits per heavy atom. The fraction of sp³-hybridized carbons (Fsp3) is 0.500. The van der Waals surface area contributed by atoms with E-state index in [2.05, 4.69) is 5.32 Å². The third-order valence-electron chi connectivity index (χ3n) is 2.20. The minimum absolute atomic E-state index is 0.144. The third-order valence-corrected chi connectivity index (χ3v) is 2.20. The first-order chi connectivity index (χ1) is 8.33. The number of amides is 1. The molecular formula is C12H19N3O3. The van der Waals surface area contributed by atoms with Gasteiger partial charge in [0, 0.05) is 25.3 Å². The molecule has 1 rings (SSSR count). The molecule has 0 spiro atoms. The standard InChI is InChI=1S/C12H19N3O3/c1-12(2,13)8-15-6-4-5-9(11(15)17)18-7-10(16)14-3/h4-6H,7-8,13H2,1-3H3,(H,14,16). The van der Waals surface area contributed by atoms with Crippen LogP contribution in [0.4, 0.5) is 0 Å². The number of nitrogens with zero attached hydrogens (tertiary/aromatic N) is 1. The van der Waals surface area contributed by atoms with E-state index in [0.29, 0.717) is 6.54 Å². The monoisotopic (exact) mass is 253 g/mol. The Morgan fingerprint density at radius 2 is 2.22 bits per heavy atom. The van der Waals surface area contributed by atoms with Gasteiger partial charge in [0.1, 0.15) is 0 Å². The molecule has 1 amide bonds. The van der Waals surface area contributed by atoms with Gasteiger partial charge in [-0.3, -0.25) is 9.59 Å². The lowest BCUT2D eigenvalue weighted by Crippen LogP contribution is -2.40. The van der Waals surface area contributed by atoms with Crippen LogP contribution in [0, 0.1) is 0 Å². The van der Waals surface area contributed by atoms with Crippen molar-refractivity contribution < 1.29 is 9.53 Å². The minimum Gasteiger partial charge on any atom is -0.478 e. The molecule has 6 nitrogen and oxygen atoms in total. The van der Waals surface area contributed by atoms with Crippen LogP contribution in [0.2, 0.25) is 0 Å². The topological polar surface area (TPSA) is 86.3 Å². The minimum atomic E-state index is -0.497. The number of pyridine rings is 1. The van der Waals surface area contributed by atoms with Crippen LogP contribution in [0.15, 0.2) is 23.1 Å². The van der Waals surface area contributed by atoms with Gasteiger partial charge in [-0.1, -0.05) is 0 Å². The van der Waals surface area contributed by atoms with E-state index in [1.165, 1.54) is 17.7 Å². The van der Waals surface area contributed by atoms with Crippen molar-refractivity contribution in [3.05, 3.63) is 28.7 Å². The summed E-state index contributed by atoms with van der Waals surface area (Å²) in [5.41, 5.74) is 5.08. The molecule has 0 fully saturated rings. The summed E-state index contributed by atoms with van der Waals surface area (Å²) in [5, 5.41) is 2.41. The number of hydrogen-bond acceptors (Lipinski definition) is 4. The van der Waals surface area contributed by atoms with Crippen LogP contribution < -0.4 is 21.3 Å². The molecule has 1 aromatic rings. The maximum atomic E-state index is 12.0. The molecule has 0 aliphatic carbocycles. The van der Waals surface area contributed by atoms with Crippen molar-refractivity contribution in [3.8, 4) is 5.75 Å². The van der Waals surface area contributed by atoms with E-state index in [4.69, 9.17) is 10.5 Å². The molecule has 1 heterocycles. The number of carbonyl (C=O) groups excluding carboxylic acids is 1. The van der Waals surface area contributed by atoms with Gasteiger partial charge >= 0.3 is 0 Å². The quantitative estimate of drug-likeness (QED) is 0.755. The van der Waals surface area contributed by atoms with Gasteiger partial charge in [0.15, 0.2) is 12.4 Å². The van der Waals surface area contributed by atoms with Crippen LogP contribution in [0.3, 0.4) is 0 Å². The second-order valence-electron chi connectivity index (χ2n) is 4.76. The molecule has 0 radical (unpaired) electrons. The van der Waals surface area contributed by atoms with Gasteiger partial charge in [-0.05, 0) is 26.0 Å².